The van der Waals surface area contributed by atoms with Gasteiger partial charge in [0, 0.05) is 12.0 Å². The van der Waals surface area contributed by atoms with Crippen LogP contribution in [0.2, 0.25) is 0 Å². The van der Waals surface area contributed by atoms with Crippen molar-refractivity contribution in [1.82, 2.24) is 9.97 Å². The summed E-state index contributed by atoms with van der Waals surface area (Å²) in [7, 11) is 0. The highest BCUT2D eigenvalue weighted by atomic mass is 32.1. The minimum absolute atomic E-state index is 0.129. The molecule has 0 radical (unpaired) electrons. The van der Waals surface area contributed by atoms with E-state index in [9.17, 15) is 9.59 Å². The molecule has 0 unspecified atom stereocenters. The molecule has 12 nitrogen and oxygen atoms in total. The first kappa shape index (κ1) is 38.5. The smallest absolute Gasteiger partial charge is 0.271 e. The highest BCUT2D eigenvalue weighted by Crippen LogP contribution is 2.42. The van der Waals surface area contributed by atoms with Crippen LogP contribution in [0.3, 0.4) is 0 Å². The molecule has 4 heterocycles. The predicted molar refractivity (Wildman–Crippen MR) is 226 cm³/mol. The Labute approximate surface area is 342 Å². The highest BCUT2D eigenvalue weighted by Gasteiger charge is 2.33. The number of rotatable bonds is 11. The van der Waals surface area contributed by atoms with Crippen molar-refractivity contribution < 1.29 is 38.0 Å². The molecule has 296 valence electrons. The zero-order valence-electron chi connectivity index (χ0n) is 32.1. The second-order valence-electron chi connectivity index (χ2n) is 13.8. The molecular formula is C44H40N4O8S2. The second kappa shape index (κ2) is 17.0. The molecule has 0 saturated carbocycles. The van der Waals surface area contributed by atoms with Gasteiger partial charge in [0.15, 0.2) is 46.5 Å². The molecule has 58 heavy (non-hydrogen) atoms. The summed E-state index contributed by atoms with van der Waals surface area (Å²) in [5.41, 5.74) is 3.21. The van der Waals surface area contributed by atoms with Gasteiger partial charge in [0.2, 0.25) is 5.75 Å². The zero-order valence-corrected chi connectivity index (χ0v) is 33.7. The van der Waals surface area contributed by atoms with E-state index in [0.29, 0.717) is 64.5 Å². The molecule has 0 saturated heterocycles. The first-order valence-electron chi connectivity index (χ1n) is 18.7. The van der Waals surface area contributed by atoms with Crippen LogP contribution in [0.15, 0.2) is 109 Å². The van der Waals surface area contributed by atoms with E-state index in [1.54, 1.807) is 17.0 Å². The Hall–Kier alpha value is -6.38. The summed E-state index contributed by atoms with van der Waals surface area (Å²) in [5.74, 6) is 3.20. The number of thiazole rings is 2. The number of benzene rings is 5. The molecule has 5 aromatic carbocycles. The molecule has 2 amide bonds. The third-order valence-corrected chi connectivity index (χ3v) is 10.9. The van der Waals surface area contributed by atoms with Crippen molar-refractivity contribution in [3.63, 3.8) is 0 Å². The van der Waals surface area contributed by atoms with E-state index in [1.165, 1.54) is 22.7 Å². The van der Waals surface area contributed by atoms with Gasteiger partial charge in [0.05, 0.1) is 32.7 Å². The van der Waals surface area contributed by atoms with Gasteiger partial charge in [-0.2, -0.15) is 0 Å². The lowest BCUT2D eigenvalue weighted by molar-refractivity contribution is -0.120. The molecule has 0 bridgehead atoms. The van der Waals surface area contributed by atoms with Gasteiger partial charge in [-0.1, -0.05) is 65.1 Å². The lowest BCUT2D eigenvalue weighted by Gasteiger charge is -2.21. The van der Waals surface area contributed by atoms with Crippen molar-refractivity contribution >= 4 is 70.9 Å². The van der Waals surface area contributed by atoms with Gasteiger partial charge < -0.3 is 28.4 Å². The fraction of sp³-hybridized carbons (Fsp3) is 0.227. The number of amides is 2. The van der Waals surface area contributed by atoms with E-state index in [1.807, 2.05) is 118 Å². The fourth-order valence-corrected chi connectivity index (χ4v) is 8.35. The van der Waals surface area contributed by atoms with Crippen molar-refractivity contribution in [2.75, 3.05) is 43.3 Å². The fourth-order valence-electron chi connectivity index (χ4n) is 6.46. The van der Waals surface area contributed by atoms with Crippen LogP contribution in [-0.2, 0) is 16.0 Å². The lowest BCUT2D eigenvalue weighted by atomic mass is 10.0. The van der Waals surface area contributed by atoms with E-state index in [0.717, 1.165) is 38.2 Å². The summed E-state index contributed by atoms with van der Waals surface area (Å²) in [4.78, 5) is 36.3. The monoisotopic (exact) mass is 816 g/mol. The highest BCUT2D eigenvalue weighted by molar-refractivity contribution is 7.22. The molecule has 0 aliphatic carbocycles. The maximum absolute atomic E-state index is 13.5. The van der Waals surface area contributed by atoms with E-state index >= 15 is 0 Å². The number of anilines is 3. The topological polar surface area (TPSA) is 131 Å². The number of carbonyl (C=O) groups excluding carboxylic acids is 2. The molecule has 1 N–H and O–H groups in total. The molecule has 2 aliphatic heterocycles. The minimum Gasteiger partial charge on any atom is -0.494 e. The van der Waals surface area contributed by atoms with Crippen molar-refractivity contribution in [2.45, 2.75) is 32.8 Å². The number of hydrogen-bond donors (Lipinski definition) is 1. The molecule has 0 atom stereocenters. The number of hydrogen-bond acceptors (Lipinski definition) is 12. The SMILES string of the molecule is CCOc1ccc(N(C(=O)COc2cccc3c2OC(C)(C)C3)c2nc3ccccc3s2)cc1.O=C(COc1cccc2c1OCCO2)Nc1nc2ccccc2s1. The number of nitrogens with one attached hydrogen (secondary N) is 1. The maximum atomic E-state index is 13.5. The molecule has 0 spiro atoms. The molecular weight excluding hydrogens is 777 g/mol. The summed E-state index contributed by atoms with van der Waals surface area (Å²) in [5, 5.41) is 3.90. The van der Waals surface area contributed by atoms with Crippen molar-refractivity contribution in [3.8, 4) is 34.5 Å². The summed E-state index contributed by atoms with van der Waals surface area (Å²) in [6.45, 7) is 7.30. The largest absolute Gasteiger partial charge is 0.494 e. The van der Waals surface area contributed by atoms with Gasteiger partial charge >= 0.3 is 0 Å². The van der Waals surface area contributed by atoms with Crippen LogP contribution in [0.4, 0.5) is 16.0 Å². The van der Waals surface area contributed by atoms with Crippen LogP contribution in [0.25, 0.3) is 20.4 Å². The second-order valence-corrected chi connectivity index (χ2v) is 15.8. The van der Waals surface area contributed by atoms with Crippen molar-refractivity contribution in [2.24, 2.45) is 0 Å². The molecule has 2 aromatic heterocycles. The Bertz CT molecular complexity index is 2510. The quantitative estimate of drug-likeness (QED) is 0.135. The summed E-state index contributed by atoms with van der Waals surface area (Å²) in [6.07, 6.45) is 0.803. The number of carbonyl (C=O) groups is 2. The normalized spacial score (nSPS) is 13.4. The van der Waals surface area contributed by atoms with Crippen LogP contribution in [-0.4, -0.2) is 60.4 Å². The molecule has 7 aromatic rings. The maximum Gasteiger partial charge on any atom is 0.271 e. The van der Waals surface area contributed by atoms with Crippen LogP contribution >= 0.6 is 22.7 Å². The summed E-state index contributed by atoms with van der Waals surface area (Å²) < 4.78 is 36.3. The zero-order chi connectivity index (χ0) is 40.1. The van der Waals surface area contributed by atoms with Gasteiger partial charge in [0.25, 0.3) is 11.8 Å². The lowest BCUT2D eigenvalue weighted by Crippen LogP contribution is -2.31. The van der Waals surface area contributed by atoms with Gasteiger partial charge in [-0.05, 0) is 87.5 Å². The summed E-state index contributed by atoms with van der Waals surface area (Å²) in [6, 6.07) is 34.2. The Balaban J connectivity index is 0.000000172. The van der Waals surface area contributed by atoms with Crippen molar-refractivity contribution in [3.05, 3.63) is 115 Å². The van der Waals surface area contributed by atoms with Gasteiger partial charge in [-0.3, -0.25) is 19.8 Å². The van der Waals surface area contributed by atoms with Crippen LogP contribution in [0, 0.1) is 0 Å². The number of ether oxygens (including phenoxy) is 6. The van der Waals surface area contributed by atoms with Gasteiger partial charge in [0.1, 0.15) is 24.6 Å². The first-order valence-corrected chi connectivity index (χ1v) is 20.4. The van der Waals surface area contributed by atoms with E-state index in [4.69, 9.17) is 33.4 Å². The summed E-state index contributed by atoms with van der Waals surface area (Å²) >= 11 is 2.89. The Morgan fingerprint density at radius 1 is 0.741 bits per heavy atom. The van der Waals surface area contributed by atoms with Crippen molar-refractivity contribution in [1.29, 1.82) is 0 Å². The van der Waals surface area contributed by atoms with E-state index < -0.39 is 0 Å². The van der Waals surface area contributed by atoms with E-state index in [2.05, 4.69) is 10.3 Å². The Kier molecular flexibility index (Phi) is 11.3. The average Bonchev–Trinajstić information content (AvgIpc) is 3.94. The van der Waals surface area contributed by atoms with Crippen LogP contribution in [0.1, 0.15) is 26.3 Å². The number of nitrogens with zero attached hydrogens (tertiary/aromatic N) is 3. The third kappa shape index (κ3) is 8.77. The predicted octanol–water partition coefficient (Wildman–Crippen LogP) is 9.24. The average molecular weight is 817 g/mol. The number of fused-ring (bicyclic) bond motifs is 4. The number of para-hydroxylation sites is 4. The molecule has 0 fully saturated rings. The minimum atomic E-state index is -0.291. The van der Waals surface area contributed by atoms with E-state index in [-0.39, 0.29) is 30.6 Å². The first-order chi connectivity index (χ1) is 28.2. The Morgan fingerprint density at radius 3 is 2.16 bits per heavy atom. The Morgan fingerprint density at radius 2 is 1.41 bits per heavy atom. The van der Waals surface area contributed by atoms with Gasteiger partial charge in [-0.15, -0.1) is 0 Å². The third-order valence-electron chi connectivity index (χ3n) is 8.96. The van der Waals surface area contributed by atoms with Crippen LogP contribution < -0.4 is 38.6 Å². The molecule has 14 heteroatoms. The van der Waals surface area contributed by atoms with Gasteiger partial charge in [-0.25, -0.2) is 9.97 Å². The number of aromatic nitrogens is 2. The van der Waals surface area contributed by atoms with Crippen LogP contribution in [0.5, 0.6) is 34.5 Å². The standard InChI is InChI=1S/C27H26N2O4S.C17H14N2O4S/c1-4-31-20-14-12-19(13-15-20)29(26-28-21-9-5-6-11-23(21)34-26)24(30)17-32-22-10-7-8-18-16-27(2,3)33-25(18)22;20-15(19-17-18-11-4-1-2-7-14(11)24-17)10-23-13-6-3-5-12-16(13)22-9-8-21-12/h5-15H,4,16-17H2,1-3H3;1-7H,8-10H2,(H,18,19,20). The molecule has 2 aliphatic rings. The molecule has 9 rings (SSSR count).